The van der Waals surface area contributed by atoms with Crippen molar-refractivity contribution in [2.45, 2.75) is 52.2 Å². The first kappa shape index (κ1) is 15.5. The van der Waals surface area contributed by atoms with Crippen LogP contribution < -0.4 is 10.6 Å². The number of rotatable bonds is 6. The number of amides is 2. The van der Waals surface area contributed by atoms with E-state index in [0.717, 1.165) is 24.8 Å². The maximum Gasteiger partial charge on any atom is 0.319 e. The summed E-state index contributed by atoms with van der Waals surface area (Å²) in [6.07, 6.45) is 2.69. The van der Waals surface area contributed by atoms with E-state index in [1.807, 2.05) is 25.1 Å². The molecular weight excluding hydrogens is 240 g/mol. The molecule has 0 aliphatic heterocycles. The second-order valence-electron chi connectivity index (χ2n) is 4.94. The molecule has 0 aliphatic carbocycles. The Bertz CT molecular complexity index is 405. The zero-order chi connectivity index (χ0) is 14.3. The number of nitrogens with one attached hydrogen (secondary N) is 2. The number of aliphatic hydroxyl groups excluding tert-OH is 1. The van der Waals surface area contributed by atoms with Gasteiger partial charge in [-0.3, -0.25) is 0 Å². The highest BCUT2D eigenvalue weighted by atomic mass is 16.3. The Morgan fingerprint density at radius 2 is 2.11 bits per heavy atom. The van der Waals surface area contributed by atoms with Gasteiger partial charge in [0.25, 0.3) is 0 Å². The van der Waals surface area contributed by atoms with Crippen molar-refractivity contribution < 1.29 is 9.90 Å². The number of hydrogen-bond donors (Lipinski definition) is 3. The first-order valence-corrected chi connectivity index (χ1v) is 6.88. The van der Waals surface area contributed by atoms with Crippen molar-refractivity contribution in [3.05, 3.63) is 29.8 Å². The average molecular weight is 264 g/mol. The van der Waals surface area contributed by atoms with Crippen molar-refractivity contribution in [3.8, 4) is 0 Å². The minimum atomic E-state index is -0.534. The molecule has 4 heteroatoms. The van der Waals surface area contributed by atoms with Gasteiger partial charge in [0.05, 0.1) is 6.10 Å². The molecule has 1 aromatic rings. The maximum absolute atomic E-state index is 11.8. The van der Waals surface area contributed by atoms with Gasteiger partial charge >= 0.3 is 6.03 Å². The molecule has 106 valence electrons. The van der Waals surface area contributed by atoms with Gasteiger partial charge in [-0.05, 0) is 38.0 Å². The van der Waals surface area contributed by atoms with Crippen LogP contribution in [0.4, 0.5) is 10.5 Å². The summed E-state index contributed by atoms with van der Waals surface area (Å²) >= 11 is 0. The molecule has 2 atom stereocenters. The Morgan fingerprint density at radius 3 is 2.74 bits per heavy atom. The van der Waals surface area contributed by atoms with E-state index in [1.165, 1.54) is 0 Å². The van der Waals surface area contributed by atoms with Gasteiger partial charge in [0.15, 0.2) is 0 Å². The van der Waals surface area contributed by atoms with Crippen LogP contribution in [0.5, 0.6) is 0 Å². The Morgan fingerprint density at radius 1 is 1.37 bits per heavy atom. The quantitative estimate of drug-likeness (QED) is 0.737. The van der Waals surface area contributed by atoms with Crippen molar-refractivity contribution in [1.82, 2.24) is 5.32 Å². The second kappa shape index (κ2) is 7.79. The van der Waals surface area contributed by atoms with Gasteiger partial charge in [0, 0.05) is 11.7 Å². The standard InChI is InChI=1S/C15H24N2O2/c1-4-5-7-11(2)16-15(19)17-14-9-6-8-13(10-14)12(3)18/h6,8-12,18H,4-5,7H2,1-3H3,(H2,16,17,19). The van der Waals surface area contributed by atoms with Crippen LogP contribution in [0.1, 0.15) is 51.7 Å². The second-order valence-corrected chi connectivity index (χ2v) is 4.94. The molecule has 0 heterocycles. The molecule has 0 aliphatic rings. The Balaban J connectivity index is 2.50. The van der Waals surface area contributed by atoms with E-state index in [-0.39, 0.29) is 12.1 Å². The molecule has 3 N–H and O–H groups in total. The van der Waals surface area contributed by atoms with Gasteiger partial charge in [0.1, 0.15) is 0 Å². The van der Waals surface area contributed by atoms with Gasteiger partial charge in [0.2, 0.25) is 0 Å². The van der Waals surface area contributed by atoms with E-state index in [0.29, 0.717) is 5.69 Å². The van der Waals surface area contributed by atoms with E-state index < -0.39 is 6.10 Å². The van der Waals surface area contributed by atoms with E-state index >= 15 is 0 Å². The third kappa shape index (κ3) is 5.75. The largest absolute Gasteiger partial charge is 0.389 e. The summed E-state index contributed by atoms with van der Waals surface area (Å²) < 4.78 is 0. The molecule has 2 amide bonds. The molecule has 4 nitrogen and oxygen atoms in total. The number of urea groups is 1. The molecule has 19 heavy (non-hydrogen) atoms. The topological polar surface area (TPSA) is 61.4 Å². The third-order valence-electron chi connectivity index (χ3n) is 3.00. The van der Waals surface area contributed by atoms with Crippen molar-refractivity contribution in [2.24, 2.45) is 0 Å². The lowest BCUT2D eigenvalue weighted by Gasteiger charge is -2.15. The number of carbonyl (C=O) groups is 1. The minimum absolute atomic E-state index is 0.167. The van der Waals surface area contributed by atoms with Crippen molar-refractivity contribution >= 4 is 11.7 Å². The Hall–Kier alpha value is -1.55. The summed E-state index contributed by atoms with van der Waals surface area (Å²) in [5.74, 6) is 0. The van der Waals surface area contributed by atoms with Crippen molar-refractivity contribution in [2.75, 3.05) is 5.32 Å². The fraction of sp³-hybridized carbons (Fsp3) is 0.533. The average Bonchev–Trinajstić information content (AvgIpc) is 2.36. The van der Waals surface area contributed by atoms with E-state index in [1.54, 1.807) is 13.0 Å². The van der Waals surface area contributed by atoms with Crippen LogP contribution in [0.3, 0.4) is 0 Å². The first-order chi connectivity index (χ1) is 9.02. The van der Waals surface area contributed by atoms with Crippen LogP contribution in [-0.2, 0) is 0 Å². The summed E-state index contributed by atoms with van der Waals surface area (Å²) in [7, 11) is 0. The molecule has 0 saturated carbocycles. The SMILES string of the molecule is CCCCC(C)NC(=O)Nc1cccc(C(C)O)c1. The highest BCUT2D eigenvalue weighted by molar-refractivity contribution is 5.89. The molecule has 0 bridgehead atoms. The summed E-state index contributed by atoms with van der Waals surface area (Å²) in [6.45, 7) is 5.84. The van der Waals surface area contributed by atoms with E-state index in [4.69, 9.17) is 0 Å². The monoisotopic (exact) mass is 264 g/mol. The Kier molecular flexibility index (Phi) is 6.36. The maximum atomic E-state index is 11.8. The van der Waals surface area contributed by atoms with Gasteiger partial charge < -0.3 is 15.7 Å². The van der Waals surface area contributed by atoms with Crippen LogP contribution in [0, 0.1) is 0 Å². The van der Waals surface area contributed by atoms with Crippen LogP contribution in [0.2, 0.25) is 0 Å². The molecule has 0 spiro atoms. The molecule has 1 rings (SSSR count). The van der Waals surface area contributed by atoms with E-state index in [9.17, 15) is 9.90 Å². The van der Waals surface area contributed by atoms with Gasteiger partial charge in [-0.15, -0.1) is 0 Å². The lowest BCUT2D eigenvalue weighted by atomic mass is 10.1. The van der Waals surface area contributed by atoms with Crippen LogP contribution >= 0.6 is 0 Å². The summed E-state index contributed by atoms with van der Waals surface area (Å²) in [6, 6.07) is 7.20. The van der Waals surface area contributed by atoms with Gasteiger partial charge in [-0.2, -0.15) is 0 Å². The molecule has 0 saturated heterocycles. The highest BCUT2D eigenvalue weighted by Gasteiger charge is 2.08. The molecule has 2 unspecified atom stereocenters. The molecule has 0 fully saturated rings. The third-order valence-corrected chi connectivity index (χ3v) is 3.00. The number of carbonyl (C=O) groups excluding carboxylic acids is 1. The van der Waals surface area contributed by atoms with Crippen LogP contribution in [0.15, 0.2) is 24.3 Å². The molecule has 1 aromatic carbocycles. The number of anilines is 1. The lowest BCUT2D eigenvalue weighted by molar-refractivity contribution is 0.199. The predicted octanol–water partition coefficient (Wildman–Crippen LogP) is 3.44. The smallest absolute Gasteiger partial charge is 0.319 e. The first-order valence-electron chi connectivity index (χ1n) is 6.88. The van der Waals surface area contributed by atoms with E-state index in [2.05, 4.69) is 17.6 Å². The summed E-state index contributed by atoms with van der Waals surface area (Å²) in [5, 5.41) is 15.2. The lowest BCUT2D eigenvalue weighted by Crippen LogP contribution is -2.36. The highest BCUT2D eigenvalue weighted by Crippen LogP contribution is 2.16. The van der Waals surface area contributed by atoms with Crippen LogP contribution in [-0.4, -0.2) is 17.2 Å². The molecule has 0 aromatic heterocycles. The number of hydrogen-bond acceptors (Lipinski definition) is 2. The van der Waals surface area contributed by atoms with Crippen molar-refractivity contribution in [3.63, 3.8) is 0 Å². The Labute approximate surface area is 115 Å². The summed E-state index contributed by atoms with van der Waals surface area (Å²) in [5.41, 5.74) is 1.48. The zero-order valence-electron chi connectivity index (χ0n) is 11.9. The zero-order valence-corrected chi connectivity index (χ0v) is 11.9. The fourth-order valence-electron chi connectivity index (χ4n) is 1.85. The summed E-state index contributed by atoms with van der Waals surface area (Å²) in [4.78, 5) is 11.8. The number of aliphatic hydroxyl groups is 1. The number of benzene rings is 1. The minimum Gasteiger partial charge on any atom is -0.389 e. The predicted molar refractivity (Wildman–Crippen MR) is 78.2 cm³/mol. The number of unbranched alkanes of at least 4 members (excludes halogenated alkanes) is 1. The fourth-order valence-corrected chi connectivity index (χ4v) is 1.85. The molecule has 0 radical (unpaired) electrons. The van der Waals surface area contributed by atoms with Crippen molar-refractivity contribution in [1.29, 1.82) is 0 Å². The van der Waals surface area contributed by atoms with Gasteiger partial charge in [-0.25, -0.2) is 4.79 Å². The normalized spacial score (nSPS) is 13.7. The molecular formula is C15H24N2O2. The van der Waals surface area contributed by atoms with Gasteiger partial charge in [-0.1, -0.05) is 31.9 Å². The van der Waals surface area contributed by atoms with Crippen LogP contribution in [0.25, 0.3) is 0 Å².